The highest BCUT2D eigenvalue weighted by atomic mass is 16.6. The van der Waals surface area contributed by atoms with Crippen molar-refractivity contribution in [2.24, 2.45) is 5.92 Å². The zero-order valence-electron chi connectivity index (χ0n) is 23.1. The first-order chi connectivity index (χ1) is 18.7. The standard InChI is InChI=1S/C31H36N6O2/c1-20-33-28-34-26(25(22-9-6-5-7-10-22)27(37(28)36-20)32-19-21-11-12-21)23-13-15-24(16-14-23)31(17-8-18-31)35-29(38)39-30(2,3)4/h5-7,9-10,13-16,21,32H,8,11-12,17-19H2,1-4H3,(H,35,38). The number of nitrogens with zero attached hydrogens (tertiary/aromatic N) is 4. The Labute approximate surface area is 229 Å². The molecule has 0 atom stereocenters. The average molecular weight is 525 g/mol. The van der Waals surface area contributed by atoms with Gasteiger partial charge < -0.3 is 15.4 Å². The van der Waals surface area contributed by atoms with Crippen molar-refractivity contribution in [1.82, 2.24) is 24.9 Å². The Kier molecular flexibility index (Phi) is 6.28. The number of hydrogen-bond acceptors (Lipinski definition) is 6. The summed E-state index contributed by atoms with van der Waals surface area (Å²) in [6, 6.07) is 18.8. The van der Waals surface area contributed by atoms with Gasteiger partial charge in [0.05, 0.1) is 16.8 Å². The van der Waals surface area contributed by atoms with Crippen molar-refractivity contribution < 1.29 is 9.53 Å². The van der Waals surface area contributed by atoms with Crippen molar-refractivity contribution >= 4 is 17.7 Å². The first kappa shape index (κ1) is 25.3. The Bertz CT molecular complexity index is 1500. The third kappa shape index (κ3) is 5.20. The quantitative estimate of drug-likeness (QED) is 0.287. The topological polar surface area (TPSA) is 93.4 Å². The Morgan fingerprint density at radius 2 is 1.74 bits per heavy atom. The predicted octanol–water partition coefficient (Wildman–Crippen LogP) is 6.49. The number of ether oxygens (including phenoxy) is 1. The number of carbonyl (C=O) groups is 1. The number of nitrogens with one attached hydrogen (secondary N) is 2. The van der Waals surface area contributed by atoms with E-state index >= 15 is 0 Å². The summed E-state index contributed by atoms with van der Waals surface area (Å²) in [5, 5.41) is 11.5. The second-order valence-electron chi connectivity index (χ2n) is 11.9. The van der Waals surface area contributed by atoms with Crippen molar-refractivity contribution in [3.8, 4) is 22.4 Å². The van der Waals surface area contributed by atoms with E-state index in [1.165, 1.54) is 12.8 Å². The maximum absolute atomic E-state index is 12.6. The van der Waals surface area contributed by atoms with Gasteiger partial charge in [-0.3, -0.25) is 0 Å². The van der Waals surface area contributed by atoms with E-state index in [-0.39, 0.29) is 6.09 Å². The van der Waals surface area contributed by atoms with Gasteiger partial charge in [0.15, 0.2) is 0 Å². The van der Waals surface area contributed by atoms with E-state index < -0.39 is 11.1 Å². The molecule has 0 spiro atoms. The molecule has 8 heteroatoms. The summed E-state index contributed by atoms with van der Waals surface area (Å²) in [6.07, 6.45) is 4.98. The van der Waals surface area contributed by atoms with Crippen LogP contribution in [0.1, 0.15) is 64.3 Å². The molecule has 6 rings (SSSR count). The number of aryl methyl sites for hydroxylation is 1. The van der Waals surface area contributed by atoms with Gasteiger partial charge in [0, 0.05) is 12.1 Å². The molecule has 2 saturated carbocycles. The first-order valence-electron chi connectivity index (χ1n) is 13.9. The van der Waals surface area contributed by atoms with E-state index in [0.717, 1.165) is 59.6 Å². The highest BCUT2D eigenvalue weighted by Crippen LogP contribution is 2.43. The van der Waals surface area contributed by atoms with Crippen molar-refractivity contribution in [2.45, 2.75) is 70.9 Å². The van der Waals surface area contributed by atoms with E-state index in [4.69, 9.17) is 9.72 Å². The number of amides is 1. The second kappa shape index (κ2) is 9.67. The van der Waals surface area contributed by atoms with Crippen LogP contribution in [0.15, 0.2) is 54.6 Å². The molecule has 2 aliphatic rings. The molecule has 0 saturated heterocycles. The van der Waals surface area contributed by atoms with Crippen molar-refractivity contribution in [2.75, 3.05) is 11.9 Å². The monoisotopic (exact) mass is 524 g/mol. The van der Waals surface area contributed by atoms with Crippen LogP contribution in [-0.4, -0.2) is 37.8 Å². The van der Waals surface area contributed by atoms with Crippen LogP contribution < -0.4 is 10.6 Å². The van der Waals surface area contributed by atoms with Crippen molar-refractivity contribution in [1.29, 1.82) is 0 Å². The summed E-state index contributed by atoms with van der Waals surface area (Å²) in [7, 11) is 0. The third-order valence-electron chi connectivity index (χ3n) is 7.57. The van der Waals surface area contributed by atoms with E-state index in [1.807, 2.05) is 50.4 Å². The smallest absolute Gasteiger partial charge is 0.408 e. The van der Waals surface area contributed by atoms with E-state index in [9.17, 15) is 4.79 Å². The molecule has 8 nitrogen and oxygen atoms in total. The molecule has 2 fully saturated rings. The summed E-state index contributed by atoms with van der Waals surface area (Å²) in [5.41, 5.74) is 4.06. The maximum atomic E-state index is 12.6. The summed E-state index contributed by atoms with van der Waals surface area (Å²) in [4.78, 5) is 22.3. The molecule has 39 heavy (non-hydrogen) atoms. The van der Waals surface area contributed by atoms with E-state index in [1.54, 1.807) is 0 Å². The highest BCUT2D eigenvalue weighted by molar-refractivity contribution is 5.89. The molecule has 1 amide bonds. The van der Waals surface area contributed by atoms with Crippen LogP contribution in [0.5, 0.6) is 0 Å². The number of alkyl carbamates (subject to hydrolysis) is 1. The number of benzene rings is 2. The van der Waals surface area contributed by atoms with E-state index in [0.29, 0.717) is 17.5 Å². The number of hydrogen-bond donors (Lipinski definition) is 2. The van der Waals surface area contributed by atoms with Gasteiger partial charge in [0.2, 0.25) is 0 Å². The minimum absolute atomic E-state index is 0.377. The zero-order valence-corrected chi connectivity index (χ0v) is 23.1. The van der Waals surface area contributed by atoms with Crippen LogP contribution in [0, 0.1) is 12.8 Å². The highest BCUT2D eigenvalue weighted by Gasteiger charge is 2.41. The van der Waals surface area contributed by atoms with Crippen molar-refractivity contribution in [3.05, 3.63) is 66.0 Å². The Balaban J connectivity index is 1.41. The van der Waals surface area contributed by atoms with Crippen LogP contribution in [0.4, 0.5) is 10.6 Å². The lowest BCUT2D eigenvalue weighted by Crippen LogP contribution is -2.52. The minimum Gasteiger partial charge on any atom is -0.444 e. The fourth-order valence-electron chi connectivity index (χ4n) is 5.28. The van der Waals surface area contributed by atoms with Gasteiger partial charge in [0.1, 0.15) is 17.2 Å². The molecule has 0 aliphatic heterocycles. The molecule has 2 aromatic heterocycles. The molecular weight excluding hydrogens is 488 g/mol. The minimum atomic E-state index is -0.539. The van der Waals surface area contributed by atoms with Crippen LogP contribution >= 0.6 is 0 Å². The number of aromatic nitrogens is 4. The molecular formula is C31H36N6O2. The van der Waals surface area contributed by atoms with Gasteiger partial charge in [-0.2, -0.15) is 9.50 Å². The molecule has 2 aliphatic carbocycles. The summed E-state index contributed by atoms with van der Waals surface area (Å²) < 4.78 is 7.41. The molecule has 2 aromatic carbocycles. The molecule has 0 radical (unpaired) electrons. The molecule has 2 N–H and O–H groups in total. The van der Waals surface area contributed by atoms with E-state index in [2.05, 4.69) is 57.1 Å². The molecule has 0 unspecified atom stereocenters. The zero-order chi connectivity index (χ0) is 27.2. The summed E-state index contributed by atoms with van der Waals surface area (Å²) in [5.74, 6) is 2.87. The fraction of sp³-hybridized carbons (Fsp3) is 0.419. The average Bonchev–Trinajstić information content (AvgIpc) is 3.63. The molecule has 4 aromatic rings. The van der Waals surface area contributed by atoms with Gasteiger partial charge in [-0.1, -0.05) is 54.6 Å². The number of carbonyl (C=O) groups excluding carboxylic acids is 1. The van der Waals surface area contributed by atoms with Gasteiger partial charge in [-0.05, 0) is 76.8 Å². The number of fused-ring (bicyclic) bond motifs is 1. The first-order valence-corrected chi connectivity index (χ1v) is 13.9. The number of rotatable bonds is 7. The van der Waals surface area contributed by atoms with Crippen LogP contribution in [0.2, 0.25) is 0 Å². The Hall–Kier alpha value is -3.94. The predicted molar refractivity (Wildman–Crippen MR) is 153 cm³/mol. The van der Waals surface area contributed by atoms with Gasteiger partial charge in [-0.15, -0.1) is 5.10 Å². The number of anilines is 1. The molecule has 2 heterocycles. The van der Waals surface area contributed by atoms with Gasteiger partial charge in [0.25, 0.3) is 5.78 Å². The van der Waals surface area contributed by atoms with Gasteiger partial charge in [-0.25, -0.2) is 9.78 Å². The van der Waals surface area contributed by atoms with Gasteiger partial charge >= 0.3 is 6.09 Å². The SMILES string of the molecule is Cc1nc2nc(-c3ccc(C4(NC(=O)OC(C)(C)C)CCC4)cc3)c(-c3ccccc3)c(NCC3CC3)n2n1. The normalized spacial score (nSPS) is 16.5. The molecule has 202 valence electrons. The lowest BCUT2D eigenvalue weighted by atomic mass is 9.71. The summed E-state index contributed by atoms with van der Waals surface area (Å²) in [6.45, 7) is 8.44. The molecule has 0 bridgehead atoms. The lowest BCUT2D eigenvalue weighted by molar-refractivity contribution is 0.0377. The lowest BCUT2D eigenvalue weighted by Gasteiger charge is -2.43. The van der Waals surface area contributed by atoms with Crippen LogP contribution in [-0.2, 0) is 10.3 Å². The van der Waals surface area contributed by atoms with Crippen LogP contribution in [0.3, 0.4) is 0 Å². The largest absolute Gasteiger partial charge is 0.444 e. The maximum Gasteiger partial charge on any atom is 0.408 e. The second-order valence-corrected chi connectivity index (χ2v) is 11.9. The summed E-state index contributed by atoms with van der Waals surface area (Å²) >= 11 is 0. The Morgan fingerprint density at radius 3 is 2.36 bits per heavy atom. The fourth-order valence-corrected chi connectivity index (χ4v) is 5.28. The van der Waals surface area contributed by atoms with Crippen LogP contribution in [0.25, 0.3) is 28.2 Å². The third-order valence-corrected chi connectivity index (χ3v) is 7.57. The van der Waals surface area contributed by atoms with Crippen molar-refractivity contribution in [3.63, 3.8) is 0 Å². The Morgan fingerprint density at radius 1 is 1.03 bits per heavy atom.